The SMILES string of the molecule is CC(C)Nc1nc(C#N)c(C(=O)O)nc1N1CCC(C(=O)c2cc(Cl)ccc2F)CC1.CC(C)Nc1nc(C(=O)O)c(C#N)nc1N1CCC(C(=O)c2cc(Cl)ccc2F)CC1. The van der Waals surface area contributed by atoms with Gasteiger partial charge in [-0.15, -0.1) is 0 Å². The quantitative estimate of drug-likeness (QED) is 0.101. The maximum absolute atomic E-state index is 14.1. The highest BCUT2D eigenvalue weighted by molar-refractivity contribution is 6.31. The Morgan fingerprint density at radius 2 is 1.03 bits per heavy atom. The van der Waals surface area contributed by atoms with E-state index in [0.717, 1.165) is 0 Å². The van der Waals surface area contributed by atoms with E-state index < -0.39 is 40.9 Å². The molecule has 62 heavy (non-hydrogen) atoms. The third-order valence-corrected chi connectivity index (χ3v) is 10.4. The minimum Gasteiger partial charge on any atom is -0.476 e. The Morgan fingerprint density at radius 3 is 1.42 bits per heavy atom. The first kappa shape index (κ1) is 46.6. The van der Waals surface area contributed by atoms with E-state index in [0.29, 0.717) is 79.4 Å². The summed E-state index contributed by atoms with van der Waals surface area (Å²) < 4.78 is 28.2. The second-order valence-corrected chi connectivity index (χ2v) is 16.0. The average Bonchev–Trinajstić information content (AvgIpc) is 3.24. The molecule has 2 aromatic carbocycles. The molecule has 2 saturated heterocycles. The number of carbonyl (C=O) groups is 4. The fraction of sp³-hybridized carbons (Fsp3) is 0.381. The Balaban J connectivity index is 0.000000234. The number of aromatic nitrogens is 4. The number of anilines is 4. The van der Waals surface area contributed by atoms with Gasteiger partial charge in [0.1, 0.15) is 23.8 Å². The molecule has 4 N–H and O–H groups in total. The Morgan fingerprint density at radius 1 is 0.661 bits per heavy atom. The van der Waals surface area contributed by atoms with Crippen LogP contribution < -0.4 is 20.4 Å². The van der Waals surface area contributed by atoms with Crippen LogP contribution in [0.5, 0.6) is 0 Å². The Labute approximate surface area is 365 Å². The van der Waals surface area contributed by atoms with Crippen LogP contribution in [-0.2, 0) is 0 Å². The number of halogens is 4. The van der Waals surface area contributed by atoms with Gasteiger partial charge in [0, 0.05) is 60.1 Å². The number of nitrogens with zero attached hydrogens (tertiary/aromatic N) is 8. The maximum Gasteiger partial charge on any atom is 0.357 e. The van der Waals surface area contributed by atoms with E-state index in [9.17, 15) is 48.7 Å². The van der Waals surface area contributed by atoms with Gasteiger partial charge in [-0.3, -0.25) is 9.59 Å². The van der Waals surface area contributed by atoms with Gasteiger partial charge in [0.2, 0.25) is 0 Å². The van der Waals surface area contributed by atoms with Gasteiger partial charge >= 0.3 is 11.9 Å². The van der Waals surface area contributed by atoms with Crippen LogP contribution in [-0.4, -0.2) is 91.9 Å². The van der Waals surface area contributed by atoms with Gasteiger partial charge in [-0.05, 0) is 89.8 Å². The number of piperidine rings is 2. The number of ketones is 2. The summed E-state index contributed by atoms with van der Waals surface area (Å²) in [5.74, 6) is -4.04. The number of hydrogen-bond donors (Lipinski definition) is 4. The number of carboxylic acids is 2. The maximum atomic E-state index is 14.1. The molecule has 20 heteroatoms. The van der Waals surface area contributed by atoms with Crippen LogP contribution in [0.25, 0.3) is 0 Å². The van der Waals surface area contributed by atoms with E-state index in [4.69, 9.17) is 23.2 Å². The predicted molar refractivity (Wildman–Crippen MR) is 226 cm³/mol. The van der Waals surface area contributed by atoms with Crippen molar-refractivity contribution in [3.63, 3.8) is 0 Å². The summed E-state index contributed by atoms with van der Waals surface area (Å²) in [5.41, 5.74) is -1.45. The third kappa shape index (κ3) is 11.1. The summed E-state index contributed by atoms with van der Waals surface area (Å²) in [6.45, 7) is 9.12. The zero-order chi connectivity index (χ0) is 45.4. The molecule has 0 unspecified atom stereocenters. The van der Waals surface area contributed by atoms with E-state index in [1.807, 2.05) is 37.5 Å². The topological polar surface area (TPSA) is 238 Å². The second kappa shape index (κ2) is 20.4. The molecule has 2 aliphatic rings. The number of carbonyl (C=O) groups excluding carboxylic acids is 2. The van der Waals surface area contributed by atoms with Crippen molar-refractivity contribution >= 4 is 70.0 Å². The van der Waals surface area contributed by atoms with Gasteiger partial charge in [-0.2, -0.15) is 10.5 Å². The summed E-state index contributed by atoms with van der Waals surface area (Å²) in [6.07, 6.45) is 1.73. The molecule has 2 fully saturated rings. The lowest BCUT2D eigenvalue weighted by atomic mass is 9.88. The van der Waals surface area contributed by atoms with E-state index in [1.165, 1.54) is 36.4 Å². The van der Waals surface area contributed by atoms with E-state index in [-0.39, 0.29) is 57.9 Å². The summed E-state index contributed by atoms with van der Waals surface area (Å²) >= 11 is 11.8. The summed E-state index contributed by atoms with van der Waals surface area (Å²) in [7, 11) is 0. The standard InChI is InChI=1S/2C21H21ClFN5O3/c1-11(2)25-19-20(26-16(10-24)17(27-19)21(30)31)28-7-5-12(6-8-28)18(29)14-9-13(22)3-4-15(14)23;1-11(2)25-19-20(27-17(21(30)31)16(10-24)26-19)28-7-5-12(6-8-28)18(29)14-9-13(22)3-4-15(14)23/h3-4,9,11-12H,5-8H2,1-2H3,(H,25,27)(H,30,31);3-4,9,11-12H,5-8H2,1-2H3,(H,25,26)(H,30,31). The molecule has 2 aromatic heterocycles. The van der Waals surface area contributed by atoms with Crippen LogP contribution in [0.3, 0.4) is 0 Å². The van der Waals surface area contributed by atoms with Crippen LogP contribution in [0.1, 0.15) is 106 Å². The van der Waals surface area contributed by atoms with Gasteiger partial charge in [0.05, 0.1) is 11.1 Å². The van der Waals surface area contributed by atoms with Gasteiger partial charge in [-0.25, -0.2) is 38.3 Å². The molecule has 0 radical (unpaired) electrons. The fourth-order valence-electron chi connectivity index (χ4n) is 7.01. The van der Waals surface area contributed by atoms with Crippen LogP contribution in [0.2, 0.25) is 10.0 Å². The Kier molecular flexibility index (Phi) is 15.3. The largest absolute Gasteiger partial charge is 0.476 e. The van der Waals surface area contributed by atoms with Crippen molar-refractivity contribution in [2.24, 2.45) is 11.8 Å². The lowest BCUT2D eigenvalue weighted by molar-refractivity contribution is 0.0679. The number of carboxylic acid groups (broad SMARTS) is 2. The molecule has 0 amide bonds. The molecule has 0 atom stereocenters. The number of Topliss-reactive ketones (excluding diaryl/α,β-unsaturated/α-hetero) is 2. The number of benzene rings is 2. The predicted octanol–water partition coefficient (Wildman–Crippen LogP) is 7.52. The number of rotatable bonds is 12. The van der Waals surface area contributed by atoms with Crippen molar-refractivity contribution in [2.75, 3.05) is 46.6 Å². The van der Waals surface area contributed by atoms with Gasteiger partial charge in [0.25, 0.3) is 0 Å². The molecule has 2 aliphatic heterocycles. The first-order chi connectivity index (χ1) is 29.4. The van der Waals surface area contributed by atoms with Crippen molar-refractivity contribution < 1.29 is 38.2 Å². The molecule has 0 spiro atoms. The van der Waals surface area contributed by atoms with Gasteiger partial charge in [-0.1, -0.05) is 23.2 Å². The van der Waals surface area contributed by atoms with E-state index in [1.54, 1.807) is 12.1 Å². The highest BCUT2D eigenvalue weighted by Gasteiger charge is 2.32. The highest BCUT2D eigenvalue weighted by Crippen LogP contribution is 2.33. The average molecular weight is 892 g/mol. The molecular formula is C42H42Cl2F2N10O6. The highest BCUT2D eigenvalue weighted by atomic mass is 35.5. The van der Waals surface area contributed by atoms with Crippen molar-refractivity contribution in [3.8, 4) is 12.1 Å². The molecule has 16 nitrogen and oxygen atoms in total. The first-order valence-electron chi connectivity index (χ1n) is 19.5. The molecule has 4 heterocycles. The molecule has 4 aromatic rings. The lowest BCUT2D eigenvalue weighted by Crippen LogP contribution is -2.38. The van der Waals surface area contributed by atoms with Crippen LogP contribution in [0, 0.1) is 46.1 Å². The zero-order valence-electron chi connectivity index (χ0n) is 34.0. The van der Waals surface area contributed by atoms with Gasteiger partial charge in [0.15, 0.2) is 57.6 Å². The molecule has 0 saturated carbocycles. The first-order valence-corrected chi connectivity index (χ1v) is 20.3. The summed E-state index contributed by atoms with van der Waals surface area (Å²) in [4.78, 5) is 68.9. The normalized spacial score (nSPS) is 14.4. The van der Waals surface area contributed by atoms with Crippen molar-refractivity contribution in [1.82, 2.24) is 19.9 Å². The minimum absolute atomic E-state index is 0.0227. The van der Waals surface area contributed by atoms with Crippen LogP contribution in [0.4, 0.5) is 32.1 Å². The second-order valence-electron chi connectivity index (χ2n) is 15.1. The Hall–Kier alpha value is -6.50. The summed E-state index contributed by atoms with van der Waals surface area (Å²) in [5, 5.41) is 44.0. The Bertz CT molecular complexity index is 2460. The third-order valence-electron chi connectivity index (χ3n) is 9.94. The zero-order valence-corrected chi connectivity index (χ0v) is 35.6. The number of nitrogens with one attached hydrogen (secondary N) is 2. The van der Waals surface area contributed by atoms with Crippen molar-refractivity contribution in [1.29, 1.82) is 10.5 Å². The molecular weight excluding hydrogens is 849 g/mol. The number of nitriles is 2. The smallest absolute Gasteiger partial charge is 0.357 e. The molecule has 6 rings (SSSR count). The van der Waals surface area contributed by atoms with Crippen molar-refractivity contribution in [3.05, 3.63) is 92.0 Å². The summed E-state index contributed by atoms with van der Waals surface area (Å²) in [6, 6.07) is 11.3. The monoisotopic (exact) mass is 890 g/mol. The van der Waals surface area contributed by atoms with Crippen LogP contribution in [0.15, 0.2) is 36.4 Å². The number of aromatic carboxylic acids is 2. The number of hydrogen-bond acceptors (Lipinski definition) is 14. The molecule has 0 aliphatic carbocycles. The minimum atomic E-state index is -1.34. The fourth-order valence-corrected chi connectivity index (χ4v) is 7.35. The van der Waals surface area contributed by atoms with E-state index in [2.05, 4.69) is 30.6 Å². The van der Waals surface area contributed by atoms with Crippen molar-refractivity contribution in [2.45, 2.75) is 65.5 Å². The van der Waals surface area contributed by atoms with Crippen LogP contribution >= 0.6 is 23.2 Å². The van der Waals surface area contributed by atoms with Gasteiger partial charge < -0.3 is 30.6 Å². The lowest BCUT2D eigenvalue weighted by Gasteiger charge is -2.33. The van der Waals surface area contributed by atoms with E-state index >= 15 is 0 Å². The molecule has 0 bridgehead atoms. The molecule has 324 valence electrons.